The summed E-state index contributed by atoms with van der Waals surface area (Å²) >= 11 is 0. The summed E-state index contributed by atoms with van der Waals surface area (Å²) in [4.78, 5) is 13.1. The quantitative estimate of drug-likeness (QED) is 0.506. The monoisotopic (exact) mass is 261 g/mol. The number of hydrogen-bond donors (Lipinski definition) is 0. The molecule has 3 heterocycles. The van der Waals surface area contributed by atoms with Gasteiger partial charge >= 0.3 is 9.05 Å². The molecule has 0 aromatic heterocycles. The highest BCUT2D eigenvalue weighted by molar-refractivity contribution is 6.53. The van der Waals surface area contributed by atoms with Gasteiger partial charge in [0.15, 0.2) is 0 Å². The van der Waals surface area contributed by atoms with Gasteiger partial charge in [0, 0.05) is 26.7 Å². The van der Waals surface area contributed by atoms with Crippen LogP contribution in [0.15, 0.2) is 0 Å². The molecule has 0 radical (unpaired) electrons. The fourth-order valence-corrected chi connectivity index (χ4v) is 4.38. The van der Waals surface area contributed by atoms with Crippen molar-refractivity contribution in [3.8, 4) is 0 Å². The summed E-state index contributed by atoms with van der Waals surface area (Å²) in [6, 6.07) is 0. The zero-order valence-corrected chi connectivity index (χ0v) is 11.4. The Labute approximate surface area is 102 Å². The van der Waals surface area contributed by atoms with E-state index in [-0.39, 0.29) is 12.2 Å². The summed E-state index contributed by atoms with van der Waals surface area (Å²) in [6.07, 6.45) is 0.192. The van der Waals surface area contributed by atoms with Gasteiger partial charge in [0.1, 0.15) is 12.4 Å². The van der Waals surface area contributed by atoms with Crippen molar-refractivity contribution >= 4 is 15.3 Å². The van der Waals surface area contributed by atoms with Crippen LogP contribution in [0.2, 0.25) is 0 Å². The molecule has 0 aliphatic carbocycles. The number of carbonyl (C=O) groups is 1. The molecule has 3 atom stereocenters. The van der Waals surface area contributed by atoms with Crippen LogP contribution in [-0.2, 0) is 22.5 Å². The smallest absolute Gasteiger partial charge is 0.355 e. The predicted octanol–water partition coefficient (Wildman–Crippen LogP) is -0.208. The molecule has 0 spiro atoms. The van der Waals surface area contributed by atoms with Crippen molar-refractivity contribution in [1.29, 1.82) is 0 Å². The Kier molecular flexibility index (Phi) is 3.96. The minimum Gasteiger partial charge on any atom is -0.355 e. The second kappa shape index (κ2) is 5.13. The molecule has 3 aliphatic rings. The van der Waals surface area contributed by atoms with Crippen LogP contribution in [0.4, 0.5) is 0 Å². The van der Waals surface area contributed by atoms with Gasteiger partial charge in [-0.05, 0) is 13.8 Å². The highest BCUT2D eigenvalue weighted by Crippen LogP contribution is 2.24. The maximum atomic E-state index is 11.0. The Morgan fingerprint density at radius 2 is 1.76 bits per heavy atom. The van der Waals surface area contributed by atoms with E-state index in [4.69, 9.17) is 17.7 Å². The second-order valence-electron chi connectivity index (χ2n) is 4.57. The summed E-state index contributed by atoms with van der Waals surface area (Å²) in [6.45, 7) is 6.01. The van der Waals surface area contributed by atoms with Crippen LogP contribution in [0.1, 0.15) is 13.8 Å². The summed E-state index contributed by atoms with van der Waals surface area (Å²) in [5, 5.41) is 0. The van der Waals surface area contributed by atoms with E-state index in [1.54, 1.807) is 0 Å². The van der Waals surface area contributed by atoms with E-state index in [1.165, 1.54) is 7.11 Å². The molecule has 6 nitrogen and oxygen atoms in total. The number of nitrogens with zero attached hydrogens (tertiary/aromatic N) is 1. The van der Waals surface area contributed by atoms with Crippen molar-refractivity contribution in [2.24, 2.45) is 0 Å². The van der Waals surface area contributed by atoms with Gasteiger partial charge in [-0.25, -0.2) is 0 Å². The first kappa shape index (κ1) is 13.1. The van der Waals surface area contributed by atoms with Gasteiger partial charge in [-0.15, -0.1) is 0 Å². The molecule has 17 heavy (non-hydrogen) atoms. The lowest BCUT2D eigenvalue weighted by molar-refractivity contribution is -0.141. The van der Waals surface area contributed by atoms with Gasteiger partial charge in [0.05, 0.1) is 12.2 Å². The Hall–Kier alpha value is -0.313. The van der Waals surface area contributed by atoms with E-state index in [0.717, 1.165) is 19.4 Å². The van der Waals surface area contributed by atoms with Crippen molar-refractivity contribution in [3.63, 3.8) is 0 Å². The second-order valence-corrected chi connectivity index (χ2v) is 6.69. The molecule has 98 valence electrons. The molecule has 0 aromatic carbocycles. The fraction of sp³-hybridized carbons (Fsp3) is 0.900. The maximum absolute atomic E-state index is 11.0. The van der Waals surface area contributed by atoms with Crippen LogP contribution in [0.3, 0.4) is 0 Å². The molecule has 0 N–H and O–H groups in total. The largest absolute Gasteiger partial charge is 0.680 e. The lowest BCUT2D eigenvalue weighted by Gasteiger charge is -2.43. The SMILES string of the molecule is CO[Si]12OC(C)CN(CC(C)O1)CC(C=O)O2. The van der Waals surface area contributed by atoms with Crippen LogP contribution in [0, 0.1) is 0 Å². The summed E-state index contributed by atoms with van der Waals surface area (Å²) in [5.41, 5.74) is 0. The fourth-order valence-electron chi connectivity index (χ4n) is 2.29. The molecule has 0 saturated carbocycles. The van der Waals surface area contributed by atoms with Crippen LogP contribution in [0.25, 0.3) is 0 Å². The van der Waals surface area contributed by atoms with Crippen molar-refractivity contribution in [3.05, 3.63) is 0 Å². The van der Waals surface area contributed by atoms with Gasteiger partial charge in [0.25, 0.3) is 0 Å². The molecule has 3 rings (SSSR count). The van der Waals surface area contributed by atoms with E-state index in [1.807, 2.05) is 13.8 Å². The predicted molar refractivity (Wildman–Crippen MR) is 61.2 cm³/mol. The minimum absolute atomic E-state index is 0.0262. The first-order valence-corrected chi connectivity index (χ1v) is 7.46. The van der Waals surface area contributed by atoms with E-state index in [0.29, 0.717) is 6.54 Å². The number of hydrogen-bond acceptors (Lipinski definition) is 6. The van der Waals surface area contributed by atoms with Crippen molar-refractivity contribution in [2.45, 2.75) is 32.2 Å². The average molecular weight is 261 g/mol. The van der Waals surface area contributed by atoms with Crippen molar-refractivity contribution in [1.82, 2.24) is 4.90 Å². The molecule has 2 bridgehead atoms. The normalized spacial score (nSPS) is 47.0. The third-order valence-electron chi connectivity index (χ3n) is 2.86. The van der Waals surface area contributed by atoms with Gasteiger partial charge in [-0.2, -0.15) is 0 Å². The van der Waals surface area contributed by atoms with Crippen LogP contribution < -0.4 is 0 Å². The molecule has 0 aromatic rings. The third-order valence-corrected chi connectivity index (χ3v) is 5.33. The number of carbonyl (C=O) groups excluding carboxylic acids is 1. The Balaban J connectivity index is 2.26. The molecule has 3 saturated heterocycles. The number of fused-ring (bicyclic) bond motifs is 6. The lowest BCUT2D eigenvalue weighted by atomic mass is 10.2. The zero-order valence-electron chi connectivity index (χ0n) is 10.4. The molecule has 0 amide bonds. The zero-order chi connectivity index (χ0) is 12.5. The maximum Gasteiger partial charge on any atom is 0.680 e. The first-order valence-electron chi connectivity index (χ1n) is 5.83. The van der Waals surface area contributed by atoms with Crippen molar-refractivity contribution in [2.75, 3.05) is 26.7 Å². The van der Waals surface area contributed by atoms with Crippen LogP contribution >= 0.6 is 0 Å². The van der Waals surface area contributed by atoms with Gasteiger partial charge in [-0.3, -0.25) is 4.90 Å². The van der Waals surface area contributed by atoms with Crippen molar-refractivity contribution < 1.29 is 22.5 Å². The van der Waals surface area contributed by atoms with Crippen LogP contribution in [-0.4, -0.2) is 65.3 Å². The highest BCUT2D eigenvalue weighted by atomic mass is 28.4. The summed E-state index contributed by atoms with van der Waals surface area (Å²) < 4.78 is 22.5. The first-order chi connectivity index (χ1) is 8.07. The van der Waals surface area contributed by atoms with E-state index < -0.39 is 15.2 Å². The molecule has 3 fully saturated rings. The van der Waals surface area contributed by atoms with E-state index >= 15 is 0 Å². The Bertz CT molecular complexity index is 276. The number of rotatable bonds is 2. The van der Waals surface area contributed by atoms with Gasteiger partial charge in [-0.1, -0.05) is 0 Å². The summed E-state index contributed by atoms with van der Waals surface area (Å²) in [7, 11) is -1.66. The highest BCUT2D eigenvalue weighted by Gasteiger charge is 2.52. The lowest BCUT2D eigenvalue weighted by Crippen LogP contribution is -2.63. The minimum atomic E-state index is -3.17. The topological polar surface area (TPSA) is 57.2 Å². The van der Waals surface area contributed by atoms with E-state index in [2.05, 4.69) is 4.90 Å². The molecule has 3 unspecified atom stereocenters. The number of aldehydes is 1. The average Bonchev–Trinajstić information content (AvgIpc) is 2.22. The third kappa shape index (κ3) is 2.93. The summed E-state index contributed by atoms with van der Waals surface area (Å²) in [5.74, 6) is 0. The Morgan fingerprint density at radius 1 is 1.18 bits per heavy atom. The standard InChI is InChI=1S/C10H19NO5Si/c1-8-4-11-5-9(2)15-17(13-3,14-8)16-10(6-11)7-12/h7-10H,4-6H2,1-3H3. The van der Waals surface area contributed by atoms with Gasteiger partial charge in [0.2, 0.25) is 0 Å². The molecular formula is C10H19NO5Si. The Morgan fingerprint density at radius 3 is 2.24 bits per heavy atom. The molecular weight excluding hydrogens is 242 g/mol. The van der Waals surface area contributed by atoms with Crippen LogP contribution in [0.5, 0.6) is 0 Å². The molecule has 7 heteroatoms. The van der Waals surface area contributed by atoms with E-state index in [9.17, 15) is 4.79 Å². The molecule has 3 aliphatic heterocycles. The van der Waals surface area contributed by atoms with Gasteiger partial charge < -0.3 is 22.5 Å².